The summed E-state index contributed by atoms with van der Waals surface area (Å²) in [5.41, 5.74) is 7.15. The summed E-state index contributed by atoms with van der Waals surface area (Å²) in [6, 6.07) is 12.8. The van der Waals surface area contributed by atoms with Gasteiger partial charge in [-0.2, -0.15) is 0 Å². The normalized spacial score (nSPS) is 17.6. The number of hydrogen-bond acceptors (Lipinski definition) is 1. The van der Waals surface area contributed by atoms with Crippen LogP contribution in [0.5, 0.6) is 0 Å². The first-order valence-electron chi connectivity index (χ1n) is 7.02. The Hall–Kier alpha value is -2.09. The Morgan fingerprint density at radius 1 is 1.00 bits per heavy atom. The fraction of sp³-hybridized carbons (Fsp3) is 0.278. The van der Waals surface area contributed by atoms with Gasteiger partial charge >= 0.3 is 0 Å². The van der Waals surface area contributed by atoms with E-state index in [-0.39, 0.29) is 11.8 Å². The SMILES string of the molecule is Cc1ccc([C@H]2CC(=O)Nc3cc(C)c(C)cc32)cc1. The van der Waals surface area contributed by atoms with Gasteiger partial charge in [-0.3, -0.25) is 4.79 Å². The molecule has 0 radical (unpaired) electrons. The van der Waals surface area contributed by atoms with E-state index in [1.54, 1.807) is 0 Å². The van der Waals surface area contributed by atoms with Gasteiger partial charge in [0.25, 0.3) is 0 Å². The fourth-order valence-corrected chi connectivity index (χ4v) is 2.83. The molecule has 1 amide bonds. The summed E-state index contributed by atoms with van der Waals surface area (Å²) < 4.78 is 0. The topological polar surface area (TPSA) is 29.1 Å². The molecule has 20 heavy (non-hydrogen) atoms. The molecule has 0 spiro atoms. The van der Waals surface area contributed by atoms with Crippen LogP contribution in [0.3, 0.4) is 0 Å². The molecule has 1 heterocycles. The largest absolute Gasteiger partial charge is 0.326 e. The van der Waals surface area contributed by atoms with Gasteiger partial charge in [0.1, 0.15) is 0 Å². The van der Waals surface area contributed by atoms with Crippen LogP contribution in [-0.4, -0.2) is 5.91 Å². The fourth-order valence-electron chi connectivity index (χ4n) is 2.83. The van der Waals surface area contributed by atoms with E-state index in [0.29, 0.717) is 6.42 Å². The van der Waals surface area contributed by atoms with E-state index in [4.69, 9.17) is 0 Å². The maximum absolute atomic E-state index is 12.0. The first kappa shape index (κ1) is 12.9. The minimum Gasteiger partial charge on any atom is -0.326 e. The third-order valence-electron chi connectivity index (χ3n) is 4.18. The average molecular weight is 265 g/mol. The van der Waals surface area contributed by atoms with Crippen molar-refractivity contribution >= 4 is 11.6 Å². The summed E-state index contributed by atoms with van der Waals surface area (Å²) in [7, 11) is 0. The maximum Gasteiger partial charge on any atom is 0.225 e. The summed E-state index contributed by atoms with van der Waals surface area (Å²) in [5.74, 6) is 0.268. The molecule has 102 valence electrons. The first-order chi connectivity index (χ1) is 9.54. The molecule has 0 aromatic heterocycles. The molecule has 2 aromatic carbocycles. The highest BCUT2D eigenvalue weighted by atomic mass is 16.1. The minimum absolute atomic E-state index is 0.103. The van der Waals surface area contributed by atoms with E-state index in [2.05, 4.69) is 62.5 Å². The van der Waals surface area contributed by atoms with Gasteiger partial charge in [-0.15, -0.1) is 0 Å². The Bertz CT molecular complexity index is 671. The maximum atomic E-state index is 12.0. The average Bonchev–Trinajstić information content (AvgIpc) is 2.41. The monoisotopic (exact) mass is 265 g/mol. The molecule has 0 saturated heterocycles. The molecule has 1 aliphatic rings. The third kappa shape index (κ3) is 2.22. The van der Waals surface area contributed by atoms with Crippen molar-refractivity contribution in [3.63, 3.8) is 0 Å². The van der Waals surface area contributed by atoms with Crippen LogP contribution >= 0.6 is 0 Å². The van der Waals surface area contributed by atoms with Crippen molar-refractivity contribution in [2.75, 3.05) is 5.32 Å². The smallest absolute Gasteiger partial charge is 0.225 e. The molecule has 0 bridgehead atoms. The highest BCUT2D eigenvalue weighted by molar-refractivity contribution is 5.95. The number of benzene rings is 2. The van der Waals surface area contributed by atoms with E-state index >= 15 is 0 Å². The summed E-state index contributed by atoms with van der Waals surface area (Å²) in [4.78, 5) is 12.0. The van der Waals surface area contributed by atoms with Crippen LogP contribution in [0.1, 0.15) is 40.2 Å². The predicted octanol–water partition coefficient (Wildman–Crippen LogP) is 4.09. The van der Waals surface area contributed by atoms with Crippen LogP contribution < -0.4 is 5.32 Å². The quantitative estimate of drug-likeness (QED) is 0.826. The van der Waals surface area contributed by atoms with Gasteiger partial charge in [0.15, 0.2) is 0 Å². The Kier molecular flexibility index (Phi) is 3.09. The van der Waals surface area contributed by atoms with E-state index in [1.165, 1.54) is 27.8 Å². The van der Waals surface area contributed by atoms with Crippen molar-refractivity contribution < 1.29 is 4.79 Å². The number of rotatable bonds is 1. The molecule has 0 unspecified atom stereocenters. The van der Waals surface area contributed by atoms with Crippen LogP contribution in [0.2, 0.25) is 0 Å². The van der Waals surface area contributed by atoms with E-state index < -0.39 is 0 Å². The van der Waals surface area contributed by atoms with Crippen molar-refractivity contribution in [1.82, 2.24) is 0 Å². The zero-order valence-electron chi connectivity index (χ0n) is 12.2. The molecule has 3 rings (SSSR count). The van der Waals surface area contributed by atoms with Crippen LogP contribution in [0.15, 0.2) is 36.4 Å². The van der Waals surface area contributed by atoms with E-state index in [1.807, 2.05) is 0 Å². The molecule has 1 atom stereocenters. The van der Waals surface area contributed by atoms with Gasteiger partial charge in [-0.05, 0) is 49.1 Å². The van der Waals surface area contributed by atoms with Gasteiger partial charge in [-0.1, -0.05) is 35.9 Å². The molecule has 1 aliphatic heterocycles. The lowest BCUT2D eigenvalue weighted by Gasteiger charge is -2.27. The van der Waals surface area contributed by atoms with Crippen LogP contribution in [-0.2, 0) is 4.79 Å². The standard InChI is InChI=1S/C18H19NO/c1-11-4-6-14(7-5-11)15-10-18(20)19-17-9-13(3)12(2)8-16(15)17/h4-9,15H,10H2,1-3H3,(H,19,20)/t15-/m1/s1. The highest BCUT2D eigenvalue weighted by Gasteiger charge is 2.26. The summed E-state index contributed by atoms with van der Waals surface area (Å²) in [5, 5.41) is 3.00. The van der Waals surface area contributed by atoms with Crippen molar-refractivity contribution in [3.8, 4) is 0 Å². The van der Waals surface area contributed by atoms with Crippen LogP contribution in [0.25, 0.3) is 0 Å². The van der Waals surface area contributed by atoms with E-state index in [9.17, 15) is 4.79 Å². The number of hydrogen-bond donors (Lipinski definition) is 1. The second-order valence-electron chi connectivity index (χ2n) is 5.74. The van der Waals surface area contributed by atoms with Gasteiger partial charge in [-0.25, -0.2) is 0 Å². The summed E-state index contributed by atoms with van der Waals surface area (Å²) in [6.45, 7) is 6.29. The molecular weight excluding hydrogens is 246 g/mol. The molecule has 2 aromatic rings. The van der Waals surface area contributed by atoms with Crippen LogP contribution in [0.4, 0.5) is 5.69 Å². The second-order valence-corrected chi connectivity index (χ2v) is 5.74. The predicted molar refractivity (Wildman–Crippen MR) is 82.2 cm³/mol. The summed E-state index contributed by atoms with van der Waals surface area (Å²) >= 11 is 0. The Morgan fingerprint density at radius 2 is 1.65 bits per heavy atom. The summed E-state index contributed by atoms with van der Waals surface area (Å²) in [6.07, 6.45) is 0.526. The number of amides is 1. The molecule has 2 heteroatoms. The number of carbonyl (C=O) groups excluding carboxylic acids is 1. The van der Waals surface area contributed by atoms with Gasteiger partial charge < -0.3 is 5.32 Å². The van der Waals surface area contributed by atoms with Crippen molar-refractivity contribution in [1.29, 1.82) is 0 Å². The lowest BCUT2D eigenvalue weighted by atomic mass is 9.83. The molecule has 1 N–H and O–H groups in total. The Balaban J connectivity index is 2.12. The number of fused-ring (bicyclic) bond motifs is 1. The molecule has 0 aliphatic carbocycles. The first-order valence-corrected chi connectivity index (χ1v) is 7.02. The second kappa shape index (κ2) is 4.78. The highest BCUT2D eigenvalue weighted by Crippen LogP contribution is 2.38. The minimum atomic E-state index is 0.103. The number of anilines is 1. The molecule has 2 nitrogen and oxygen atoms in total. The lowest BCUT2D eigenvalue weighted by Crippen LogP contribution is -2.23. The molecular formula is C18H19NO. The van der Waals surface area contributed by atoms with Gasteiger partial charge in [0.05, 0.1) is 0 Å². The van der Waals surface area contributed by atoms with Gasteiger partial charge in [0.2, 0.25) is 5.91 Å². The Labute approximate surface area is 119 Å². The molecule has 0 saturated carbocycles. The Morgan fingerprint density at radius 3 is 2.35 bits per heavy atom. The van der Waals surface area contributed by atoms with E-state index in [0.717, 1.165) is 5.69 Å². The number of carbonyl (C=O) groups is 1. The lowest BCUT2D eigenvalue weighted by molar-refractivity contribution is -0.116. The van der Waals surface area contributed by atoms with Crippen molar-refractivity contribution in [3.05, 3.63) is 64.2 Å². The van der Waals surface area contributed by atoms with Crippen molar-refractivity contribution in [2.24, 2.45) is 0 Å². The zero-order chi connectivity index (χ0) is 14.3. The third-order valence-corrected chi connectivity index (χ3v) is 4.18. The van der Waals surface area contributed by atoms with Crippen molar-refractivity contribution in [2.45, 2.75) is 33.1 Å². The molecule has 0 fully saturated rings. The number of aryl methyl sites for hydroxylation is 3. The zero-order valence-corrected chi connectivity index (χ0v) is 12.2. The van der Waals surface area contributed by atoms with Gasteiger partial charge in [0, 0.05) is 18.0 Å². The van der Waals surface area contributed by atoms with Crippen LogP contribution in [0, 0.1) is 20.8 Å². The number of nitrogens with one attached hydrogen (secondary N) is 1.